The lowest BCUT2D eigenvalue weighted by Gasteiger charge is -2.22. The molecule has 29 heavy (non-hydrogen) atoms. The van der Waals surface area contributed by atoms with E-state index < -0.39 is 23.7 Å². The maximum atomic E-state index is 13.0. The van der Waals surface area contributed by atoms with Crippen molar-refractivity contribution in [2.45, 2.75) is 25.1 Å². The molecule has 2 heterocycles. The molecule has 150 valence electrons. The highest BCUT2D eigenvalue weighted by Gasteiger charge is 2.36. The molecule has 2 aromatic carbocycles. The van der Waals surface area contributed by atoms with Gasteiger partial charge >= 0.3 is 6.18 Å². The van der Waals surface area contributed by atoms with Crippen LogP contribution in [-0.2, 0) is 6.18 Å². The van der Waals surface area contributed by atoms with Crippen LogP contribution < -0.4 is 0 Å². The highest BCUT2D eigenvalue weighted by molar-refractivity contribution is 6.30. The molecule has 1 unspecified atom stereocenters. The van der Waals surface area contributed by atoms with Crippen LogP contribution in [0.4, 0.5) is 13.2 Å². The predicted molar refractivity (Wildman–Crippen MR) is 99.2 cm³/mol. The van der Waals surface area contributed by atoms with Crippen molar-refractivity contribution >= 4 is 17.5 Å². The standard InChI is InChI=1S/C20H15ClF3N3O2/c21-15-7-2-4-12(11-15)17-25-18(29-26-17)16-8-3-9-27(16)19(28)13-5-1-6-14(10-13)20(22,23)24/h1-2,4-7,10-11,16H,3,8-9H2. The van der Waals surface area contributed by atoms with E-state index in [1.54, 1.807) is 24.3 Å². The number of amides is 1. The Morgan fingerprint density at radius 1 is 1.17 bits per heavy atom. The summed E-state index contributed by atoms with van der Waals surface area (Å²) in [4.78, 5) is 18.7. The Hall–Kier alpha value is -2.87. The normalized spacial score (nSPS) is 17.0. The van der Waals surface area contributed by atoms with E-state index in [4.69, 9.17) is 16.1 Å². The van der Waals surface area contributed by atoms with Crippen molar-refractivity contribution in [3.8, 4) is 11.4 Å². The zero-order valence-electron chi connectivity index (χ0n) is 15.0. The molecule has 1 atom stereocenters. The van der Waals surface area contributed by atoms with Crippen LogP contribution >= 0.6 is 11.6 Å². The average molecular weight is 422 g/mol. The first kappa shape index (κ1) is 19.4. The molecule has 1 aliphatic rings. The van der Waals surface area contributed by atoms with Crippen LogP contribution in [0, 0.1) is 0 Å². The van der Waals surface area contributed by atoms with E-state index in [1.165, 1.54) is 17.0 Å². The predicted octanol–water partition coefficient (Wildman–Crippen LogP) is 5.39. The van der Waals surface area contributed by atoms with Gasteiger partial charge in [-0.15, -0.1) is 0 Å². The molecule has 9 heteroatoms. The second-order valence-electron chi connectivity index (χ2n) is 6.70. The van der Waals surface area contributed by atoms with Gasteiger partial charge in [-0.05, 0) is 43.2 Å². The van der Waals surface area contributed by atoms with Gasteiger partial charge in [-0.25, -0.2) is 0 Å². The van der Waals surface area contributed by atoms with E-state index in [9.17, 15) is 18.0 Å². The molecule has 0 saturated carbocycles. The van der Waals surface area contributed by atoms with Gasteiger partial charge in [0.2, 0.25) is 11.7 Å². The summed E-state index contributed by atoms with van der Waals surface area (Å²) in [5, 5.41) is 4.48. The highest BCUT2D eigenvalue weighted by Crippen LogP contribution is 2.35. The van der Waals surface area contributed by atoms with Gasteiger partial charge in [0.1, 0.15) is 6.04 Å². The van der Waals surface area contributed by atoms with Crippen molar-refractivity contribution in [2.75, 3.05) is 6.54 Å². The summed E-state index contributed by atoms with van der Waals surface area (Å²) in [7, 11) is 0. The molecule has 0 N–H and O–H groups in total. The Labute approximate surface area is 169 Å². The first-order valence-corrected chi connectivity index (χ1v) is 9.28. The largest absolute Gasteiger partial charge is 0.416 e. The average Bonchev–Trinajstić information content (AvgIpc) is 3.36. The topological polar surface area (TPSA) is 59.2 Å². The van der Waals surface area contributed by atoms with Crippen molar-refractivity contribution in [3.63, 3.8) is 0 Å². The summed E-state index contributed by atoms with van der Waals surface area (Å²) in [5.41, 5.74) is -0.220. The second-order valence-corrected chi connectivity index (χ2v) is 7.14. The molecule has 0 radical (unpaired) electrons. The van der Waals surface area contributed by atoms with Crippen molar-refractivity contribution in [1.29, 1.82) is 0 Å². The van der Waals surface area contributed by atoms with E-state index in [0.29, 0.717) is 35.8 Å². The number of rotatable bonds is 3. The fourth-order valence-electron chi connectivity index (χ4n) is 3.38. The van der Waals surface area contributed by atoms with Gasteiger partial charge in [-0.3, -0.25) is 4.79 Å². The molecule has 1 amide bonds. The minimum absolute atomic E-state index is 0.0266. The van der Waals surface area contributed by atoms with Gasteiger partial charge in [0, 0.05) is 22.7 Å². The van der Waals surface area contributed by atoms with Gasteiger partial charge < -0.3 is 9.42 Å². The number of likely N-dealkylation sites (tertiary alicyclic amines) is 1. The third-order valence-corrected chi connectivity index (χ3v) is 5.00. The Kier molecular flexibility index (Phi) is 5.04. The van der Waals surface area contributed by atoms with Gasteiger partial charge in [0.25, 0.3) is 5.91 Å². The number of carbonyl (C=O) groups excluding carboxylic acids is 1. The summed E-state index contributed by atoms with van der Waals surface area (Å²) in [6, 6.07) is 10.9. The number of hydrogen-bond donors (Lipinski definition) is 0. The zero-order valence-corrected chi connectivity index (χ0v) is 15.7. The van der Waals surface area contributed by atoms with Crippen molar-refractivity contribution in [2.24, 2.45) is 0 Å². The van der Waals surface area contributed by atoms with E-state index >= 15 is 0 Å². The Bertz CT molecular complexity index is 1050. The lowest BCUT2D eigenvalue weighted by atomic mass is 10.1. The summed E-state index contributed by atoms with van der Waals surface area (Å²) >= 11 is 5.99. The third kappa shape index (κ3) is 3.98. The molecule has 0 aliphatic carbocycles. The van der Waals surface area contributed by atoms with E-state index in [1.807, 2.05) is 0 Å². The molecule has 3 aromatic rings. The molecule has 1 saturated heterocycles. The monoisotopic (exact) mass is 421 g/mol. The van der Waals surface area contributed by atoms with Crippen LogP contribution in [0.15, 0.2) is 53.1 Å². The fraction of sp³-hybridized carbons (Fsp3) is 0.250. The van der Waals surface area contributed by atoms with Crippen LogP contribution in [-0.4, -0.2) is 27.5 Å². The van der Waals surface area contributed by atoms with Crippen molar-refractivity contribution in [3.05, 3.63) is 70.6 Å². The number of alkyl halides is 3. The molecule has 5 nitrogen and oxygen atoms in total. The number of benzene rings is 2. The molecule has 0 spiro atoms. The van der Waals surface area contributed by atoms with Crippen LogP contribution in [0.2, 0.25) is 5.02 Å². The summed E-state index contributed by atoms with van der Waals surface area (Å²) in [6.45, 7) is 0.397. The Balaban J connectivity index is 1.59. The first-order valence-electron chi connectivity index (χ1n) is 8.91. The molecule has 4 rings (SSSR count). The lowest BCUT2D eigenvalue weighted by molar-refractivity contribution is -0.137. The Morgan fingerprint density at radius 2 is 1.97 bits per heavy atom. The van der Waals surface area contributed by atoms with Crippen LogP contribution in [0.25, 0.3) is 11.4 Å². The molecular formula is C20H15ClF3N3O2. The number of aromatic nitrogens is 2. The molecule has 1 aromatic heterocycles. The van der Waals surface area contributed by atoms with E-state index in [-0.39, 0.29) is 11.5 Å². The summed E-state index contributed by atoms with van der Waals surface area (Å²) < 4.78 is 44.3. The summed E-state index contributed by atoms with van der Waals surface area (Å²) in [6.07, 6.45) is -3.24. The van der Waals surface area contributed by atoms with Crippen molar-refractivity contribution in [1.82, 2.24) is 15.0 Å². The van der Waals surface area contributed by atoms with Gasteiger partial charge in [0.05, 0.1) is 5.56 Å². The molecule has 1 fully saturated rings. The quantitative estimate of drug-likeness (QED) is 0.569. The fourth-order valence-corrected chi connectivity index (χ4v) is 3.57. The highest BCUT2D eigenvalue weighted by atomic mass is 35.5. The molecular weight excluding hydrogens is 407 g/mol. The number of halogens is 4. The minimum atomic E-state index is -4.51. The first-order chi connectivity index (χ1) is 13.8. The number of nitrogens with zero attached hydrogens (tertiary/aromatic N) is 3. The molecule has 1 aliphatic heterocycles. The maximum Gasteiger partial charge on any atom is 0.416 e. The van der Waals surface area contributed by atoms with E-state index in [2.05, 4.69) is 10.1 Å². The smallest absolute Gasteiger partial charge is 0.337 e. The SMILES string of the molecule is O=C(c1cccc(C(F)(F)F)c1)N1CCCC1c1nc(-c2cccc(Cl)c2)no1. The maximum absolute atomic E-state index is 13.0. The van der Waals surface area contributed by atoms with E-state index in [0.717, 1.165) is 12.1 Å². The number of carbonyl (C=O) groups is 1. The van der Waals surface area contributed by atoms with Gasteiger partial charge in [-0.1, -0.05) is 35.0 Å². The van der Waals surface area contributed by atoms with Crippen LogP contribution in [0.1, 0.15) is 40.7 Å². The van der Waals surface area contributed by atoms with Gasteiger partial charge in [0.15, 0.2) is 0 Å². The van der Waals surface area contributed by atoms with Crippen LogP contribution in [0.5, 0.6) is 0 Å². The van der Waals surface area contributed by atoms with Gasteiger partial charge in [-0.2, -0.15) is 18.2 Å². The molecule has 0 bridgehead atoms. The number of hydrogen-bond acceptors (Lipinski definition) is 4. The van der Waals surface area contributed by atoms with Crippen LogP contribution in [0.3, 0.4) is 0 Å². The Morgan fingerprint density at radius 3 is 2.72 bits per heavy atom. The van der Waals surface area contributed by atoms with Crippen molar-refractivity contribution < 1.29 is 22.5 Å². The minimum Gasteiger partial charge on any atom is -0.337 e. The second kappa shape index (κ2) is 7.51. The third-order valence-electron chi connectivity index (χ3n) is 4.76. The lowest BCUT2D eigenvalue weighted by Crippen LogP contribution is -2.31. The summed E-state index contributed by atoms with van der Waals surface area (Å²) in [5.74, 6) is 0.0831. The zero-order chi connectivity index (χ0) is 20.6.